The number of pyridine rings is 2. The minimum Gasteiger partial charge on any atom is -0.476 e. The van der Waals surface area contributed by atoms with Crippen LogP contribution in [0.15, 0.2) is 153 Å². The third-order valence-electron chi connectivity index (χ3n) is 12.7. The van der Waals surface area contributed by atoms with Gasteiger partial charge in [-0.1, -0.05) is 0 Å². The largest absolute Gasteiger partial charge is 0.476 e. The van der Waals surface area contributed by atoms with Crippen molar-refractivity contribution in [2.24, 2.45) is 19.8 Å². The van der Waals surface area contributed by atoms with E-state index in [2.05, 4.69) is 35.2 Å². The number of halogens is 4. The highest BCUT2D eigenvalue weighted by atomic mass is 19.1. The summed E-state index contributed by atoms with van der Waals surface area (Å²) in [4.78, 5) is 78.1. The molecule has 0 aliphatic carbocycles. The monoisotopic (exact) mass is 1240 g/mol. The van der Waals surface area contributed by atoms with Gasteiger partial charge < -0.3 is 66.0 Å². The van der Waals surface area contributed by atoms with Crippen molar-refractivity contribution in [2.45, 2.75) is 13.1 Å². The van der Waals surface area contributed by atoms with E-state index in [1.54, 1.807) is 68.8 Å². The number of amides is 1. The van der Waals surface area contributed by atoms with Crippen LogP contribution < -0.4 is 54.1 Å². The zero-order chi connectivity index (χ0) is 66.8. The first-order valence-corrected chi connectivity index (χ1v) is 26.7. The number of anilines is 6. The van der Waals surface area contributed by atoms with E-state index >= 15 is 0 Å². The Morgan fingerprint density at radius 2 is 0.989 bits per heavy atom. The molecule has 468 valence electrons. The number of oxazole rings is 2. The molecular formula is C62H60F4N18O7. The van der Waals surface area contributed by atoms with Gasteiger partial charge in [0.15, 0.2) is 34.4 Å². The van der Waals surface area contributed by atoms with Crippen molar-refractivity contribution >= 4 is 46.3 Å². The van der Waals surface area contributed by atoms with Gasteiger partial charge in [-0.2, -0.15) is 10.5 Å². The third kappa shape index (κ3) is 17.7. The van der Waals surface area contributed by atoms with Crippen LogP contribution in [-0.4, -0.2) is 98.3 Å². The quantitative estimate of drug-likeness (QED) is 0.0513. The number of aryl methyl sites for hydroxylation is 2. The molecule has 0 spiro atoms. The van der Waals surface area contributed by atoms with Crippen LogP contribution in [0.2, 0.25) is 0 Å². The number of carbonyl (C=O) groups excluding carboxylic acids is 1. The Morgan fingerprint density at radius 3 is 1.41 bits per heavy atom. The van der Waals surface area contributed by atoms with E-state index in [0.29, 0.717) is 27.9 Å². The molecule has 0 unspecified atom stereocenters. The van der Waals surface area contributed by atoms with Gasteiger partial charge in [-0.25, -0.2) is 52.3 Å². The molecule has 0 atom stereocenters. The highest BCUT2D eigenvalue weighted by molar-refractivity contribution is 5.98. The Kier molecular flexibility index (Phi) is 23.1. The summed E-state index contributed by atoms with van der Waals surface area (Å²) in [5.41, 5.74) is 27.1. The molecule has 0 aliphatic rings. The first-order chi connectivity index (χ1) is 43.2. The van der Waals surface area contributed by atoms with E-state index in [-0.39, 0.29) is 98.7 Å². The average Bonchev–Trinajstić information content (AvgIpc) is 2.40. The van der Waals surface area contributed by atoms with E-state index in [0.717, 1.165) is 17.1 Å². The second-order valence-electron chi connectivity index (χ2n) is 19.8. The number of aromatic carboxylic acids is 1. The molecule has 25 nitrogen and oxygen atoms in total. The molecule has 0 saturated carbocycles. The summed E-state index contributed by atoms with van der Waals surface area (Å²) in [5.74, 6) is -3.73. The molecule has 6 aromatic heterocycles. The number of nitrogens with one attached hydrogen (secondary N) is 1. The standard InChI is InChI=1S/C23H22FN7O3.C14H11N5O4.C9H13FN2.C9H9FN2.C7H5FN2/c1-30(2)15-5-6-16(24)14(10-15)11-27-22(33)20-21(25)29-19(23-26-8-9-34-23)18(28-20)13-4-7-17(32)31(3)12-13;1-19-6-7(2-3-8(19)20)9-10(13-16-4-5-23-13)18-12(15)11(17-9)14(21)22;2*1-12(2)8-3-4-9(10)7(5-8)6-11;8-7-2-1-6(10)3-5(7)4-9/h4-10,12H,11H2,1-3H3,(H2,25,29)(H,27,33);2-6H,1H3,(H2,15,18)(H,21,22);3-5H,6,11H2,1-2H3;3-5H,1-2H3;1-3H,10H2. The van der Waals surface area contributed by atoms with Gasteiger partial charge in [0.05, 0.1) is 23.5 Å². The molecule has 0 saturated heterocycles. The first kappa shape index (κ1) is 67.9. The molecule has 29 heteroatoms. The smallest absolute Gasteiger partial charge is 0.358 e. The lowest BCUT2D eigenvalue weighted by atomic mass is 10.1. The fraction of sp³-hybridized carbons (Fsp3) is 0.161. The minimum atomic E-state index is -1.31. The molecule has 0 fully saturated rings. The second kappa shape index (κ2) is 30.9. The van der Waals surface area contributed by atoms with E-state index in [1.165, 1.54) is 101 Å². The molecule has 10 rings (SSSR count). The summed E-state index contributed by atoms with van der Waals surface area (Å²) in [7, 11) is 14.3. The van der Waals surface area contributed by atoms with Crippen LogP contribution in [0.3, 0.4) is 0 Å². The lowest BCUT2D eigenvalue weighted by molar-refractivity contribution is 0.0691. The van der Waals surface area contributed by atoms with E-state index in [4.69, 9.17) is 42.3 Å². The number of aromatic nitrogens is 8. The fourth-order valence-corrected chi connectivity index (χ4v) is 7.81. The third-order valence-corrected chi connectivity index (χ3v) is 12.7. The summed E-state index contributed by atoms with van der Waals surface area (Å²) in [5, 5.41) is 28.6. The number of rotatable bonds is 12. The number of carboxylic acids is 1. The van der Waals surface area contributed by atoms with Crippen LogP contribution in [-0.2, 0) is 27.2 Å². The summed E-state index contributed by atoms with van der Waals surface area (Å²) in [6, 6.07) is 27.2. The van der Waals surface area contributed by atoms with Crippen LogP contribution in [0.5, 0.6) is 0 Å². The SMILES string of the molecule is CN(C)c1ccc(F)c(C#N)c1.CN(C)c1ccc(F)c(CN)c1.CN(C)c1ccc(F)c(CNC(=O)c2nc(-c3ccc(=O)n(C)c3)c(-c3ncco3)nc2N)c1.Cn1cc(-c2nc(C(=O)O)c(N)nc2-c2ncco2)ccc1=O.N#Cc1cc(N)ccc1F. The number of hydrogen-bond donors (Lipinski definition) is 6. The van der Waals surface area contributed by atoms with E-state index < -0.39 is 29.3 Å². The molecule has 4 aromatic carbocycles. The van der Waals surface area contributed by atoms with Gasteiger partial charge in [0, 0.05) is 139 Å². The van der Waals surface area contributed by atoms with Crippen LogP contribution in [0.25, 0.3) is 45.7 Å². The Hall–Kier alpha value is -12.2. The van der Waals surface area contributed by atoms with Crippen LogP contribution in [0, 0.1) is 45.9 Å². The molecule has 91 heavy (non-hydrogen) atoms. The predicted molar refractivity (Wildman–Crippen MR) is 334 cm³/mol. The number of carboxylic acid groups (broad SMARTS) is 1. The van der Waals surface area contributed by atoms with E-state index in [9.17, 15) is 41.8 Å². The Morgan fingerprint density at radius 1 is 0.571 bits per heavy atom. The maximum atomic E-state index is 14.3. The molecule has 0 bridgehead atoms. The minimum absolute atomic E-state index is 0.0139. The van der Waals surface area contributed by atoms with Crippen LogP contribution >= 0.6 is 0 Å². The lowest BCUT2D eigenvalue weighted by Gasteiger charge is -2.15. The summed E-state index contributed by atoms with van der Waals surface area (Å²) in [6.45, 7) is 0.164. The summed E-state index contributed by atoms with van der Waals surface area (Å²) in [6.07, 6.45) is 8.65. The summed E-state index contributed by atoms with van der Waals surface area (Å²) < 4.78 is 65.8. The molecule has 10 N–H and O–H groups in total. The molecule has 0 radical (unpaired) electrons. The van der Waals surface area contributed by atoms with Crippen LogP contribution in [0.4, 0.5) is 51.9 Å². The topological polar surface area (TPSA) is 375 Å². The number of carbonyl (C=O) groups is 2. The van der Waals surface area contributed by atoms with Crippen molar-refractivity contribution in [1.29, 1.82) is 10.5 Å². The van der Waals surface area contributed by atoms with Gasteiger partial charge in [0.2, 0.25) is 22.9 Å². The van der Waals surface area contributed by atoms with E-state index in [1.807, 2.05) is 57.0 Å². The number of nitriles is 2. The fourth-order valence-electron chi connectivity index (χ4n) is 7.81. The number of nitrogens with zero attached hydrogens (tertiary/aromatic N) is 13. The normalized spacial score (nSPS) is 10.2. The number of hydrogen-bond acceptors (Lipinski definition) is 21. The maximum absolute atomic E-state index is 14.3. The molecule has 6 heterocycles. The van der Waals surface area contributed by atoms with Gasteiger partial charge in [0.25, 0.3) is 5.91 Å². The number of nitrogens with two attached hydrogens (primary N) is 4. The van der Waals surface area contributed by atoms with Crippen LogP contribution in [0.1, 0.15) is 43.2 Å². The Balaban J connectivity index is 0.000000198. The zero-order valence-corrected chi connectivity index (χ0v) is 50.1. The zero-order valence-electron chi connectivity index (χ0n) is 50.1. The van der Waals surface area contributed by atoms with Gasteiger partial charge in [-0.15, -0.1) is 0 Å². The Labute approximate surface area is 517 Å². The summed E-state index contributed by atoms with van der Waals surface area (Å²) >= 11 is 0. The van der Waals surface area contributed by atoms with Crippen molar-refractivity contribution in [1.82, 2.24) is 44.4 Å². The molecule has 10 aromatic rings. The van der Waals surface area contributed by atoms with Crippen molar-refractivity contribution in [3.63, 3.8) is 0 Å². The van der Waals surface area contributed by atoms with Crippen molar-refractivity contribution in [3.8, 4) is 57.8 Å². The average molecular weight is 1250 g/mol. The molecular weight excluding hydrogens is 1180 g/mol. The lowest BCUT2D eigenvalue weighted by Crippen LogP contribution is -2.26. The predicted octanol–water partition coefficient (Wildman–Crippen LogP) is 7.39. The number of nitrogen functional groups attached to an aromatic ring is 3. The van der Waals surface area contributed by atoms with Gasteiger partial charge in [-0.3, -0.25) is 14.4 Å². The van der Waals surface area contributed by atoms with Gasteiger partial charge >= 0.3 is 5.97 Å². The second-order valence-corrected chi connectivity index (χ2v) is 19.8. The van der Waals surface area contributed by atoms with Gasteiger partial charge in [-0.05, 0) is 84.9 Å². The van der Waals surface area contributed by atoms with Crippen molar-refractivity contribution < 1.29 is 41.1 Å². The highest BCUT2D eigenvalue weighted by Crippen LogP contribution is 2.31. The molecule has 1 amide bonds. The maximum Gasteiger partial charge on any atom is 0.358 e. The van der Waals surface area contributed by atoms with Crippen molar-refractivity contribution in [2.75, 3.05) is 74.2 Å². The van der Waals surface area contributed by atoms with Gasteiger partial charge in [0.1, 0.15) is 59.3 Å². The highest BCUT2D eigenvalue weighted by Gasteiger charge is 2.24. The first-order valence-electron chi connectivity index (χ1n) is 26.7. The number of benzene rings is 4. The molecule has 0 aliphatic heterocycles. The van der Waals surface area contributed by atoms with Crippen molar-refractivity contribution in [3.05, 3.63) is 212 Å². The Bertz CT molecular complexity index is 4430.